The molecule has 0 bridgehead atoms. The van der Waals surface area contributed by atoms with Gasteiger partial charge in [0.25, 0.3) is 0 Å². The molecular formula is C14H20BrFN2O2S. The molecule has 7 heteroatoms. The maximum absolute atomic E-state index is 14.6. The predicted octanol–water partition coefficient (Wildman–Crippen LogP) is 2.87. The molecule has 0 aliphatic heterocycles. The van der Waals surface area contributed by atoms with Gasteiger partial charge in [0, 0.05) is 29.7 Å². The van der Waals surface area contributed by atoms with E-state index in [0.29, 0.717) is 16.6 Å². The molecule has 1 aromatic rings. The SMILES string of the molecule is CCCNCc1cc(Br)cc(S(=O)(=O)N(C)C2CC2)c1F. The highest BCUT2D eigenvalue weighted by Gasteiger charge is 2.36. The van der Waals surface area contributed by atoms with Crippen LogP contribution in [0.15, 0.2) is 21.5 Å². The van der Waals surface area contributed by atoms with E-state index in [9.17, 15) is 12.8 Å². The number of nitrogens with one attached hydrogen (secondary N) is 1. The summed E-state index contributed by atoms with van der Waals surface area (Å²) in [5, 5.41) is 3.09. The molecule has 1 aromatic carbocycles. The van der Waals surface area contributed by atoms with E-state index in [-0.39, 0.29) is 10.9 Å². The molecule has 2 rings (SSSR count). The van der Waals surface area contributed by atoms with E-state index < -0.39 is 15.8 Å². The first-order valence-electron chi connectivity index (χ1n) is 7.04. The molecule has 1 aliphatic carbocycles. The van der Waals surface area contributed by atoms with E-state index in [4.69, 9.17) is 0 Å². The van der Waals surface area contributed by atoms with Gasteiger partial charge in [0.15, 0.2) is 0 Å². The van der Waals surface area contributed by atoms with Crippen LogP contribution in [0.2, 0.25) is 0 Å². The van der Waals surface area contributed by atoms with Crippen LogP contribution in [0.1, 0.15) is 31.7 Å². The predicted molar refractivity (Wildman–Crippen MR) is 84.1 cm³/mol. The van der Waals surface area contributed by atoms with Gasteiger partial charge in [-0.1, -0.05) is 22.9 Å². The lowest BCUT2D eigenvalue weighted by Crippen LogP contribution is -2.30. The van der Waals surface area contributed by atoms with Crippen molar-refractivity contribution in [2.45, 2.75) is 43.7 Å². The first kappa shape index (κ1) is 16.9. The molecule has 0 saturated heterocycles. The second-order valence-corrected chi connectivity index (χ2v) is 8.19. The van der Waals surface area contributed by atoms with Gasteiger partial charge in [0.05, 0.1) is 0 Å². The maximum atomic E-state index is 14.6. The van der Waals surface area contributed by atoms with E-state index in [0.717, 1.165) is 25.8 Å². The minimum atomic E-state index is -3.78. The number of benzene rings is 1. The molecule has 0 radical (unpaired) electrons. The lowest BCUT2D eigenvalue weighted by molar-refractivity contribution is 0.456. The molecule has 0 amide bonds. The Bertz CT molecular complexity index is 618. The molecule has 0 aromatic heterocycles. The van der Waals surface area contributed by atoms with Crippen molar-refractivity contribution in [2.24, 2.45) is 0 Å². The van der Waals surface area contributed by atoms with E-state index >= 15 is 0 Å². The van der Waals surface area contributed by atoms with Crippen LogP contribution in [0, 0.1) is 5.82 Å². The third kappa shape index (κ3) is 3.83. The summed E-state index contributed by atoms with van der Waals surface area (Å²) in [6.45, 7) is 3.09. The third-order valence-corrected chi connectivity index (χ3v) is 5.91. The fraction of sp³-hybridized carbons (Fsp3) is 0.571. The van der Waals surface area contributed by atoms with Crippen molar-refractivity contribution in [3.05, 3.63) is 28.0 Å². The van der Waals surface area contributed by atoms with Gasteiger partial charge in [-0.2, -0.15) is 4.31 Å². The van der Waals surface area contributed by atoms with Crippen LogP contribution >= 0.6 is 15.9 Å². The molecule has 1 fully saturated rings. The van der Waals surface area contributed by atoms with Crippen molar-refractivity contribution in [2.75, 3.05) is 13.6 Å². The Morgan fingerprint density at radius 3 is 2.67 bits per heavy atom. The summed E-state index contributed by atoms with van der Waals surface area (Å²) in [6, 6.07) is 2.97. The summed E-state index contributed by atoms with van der Waals surface area (Å²) >= 11 is 3.27. The number of hydrogen-bond donors (Lipinski definition) is 1. The largest absolute Gasteiger partial charge is 0.313 e. The van der Waals surface area contributed by atoms with Crippen molar-refractivity contribution in [3.8, 4) is 0 Å². The summed E-state index contributed by atoms with van der Waals surface area (Å²) in [6.07, 6.45) is 2.62. The van der Waals surface area contributed by atoms with E-state index in [1.807, 2.05) is 6.92 Å². The topological polar surface area (TPSA) is 49.4 Å². The molecule has 4 nitrogen and oxygen atoms in total. The zero-order chi connectivity index (χ0) is 15.6. The molecule has 1 N–H and O–H groups in total. The molecule has 0 spiro atoms. The van der Waals surface area contributed by atoms with Gasteiger partial charge in [-0.15, -0.1) is 0 Å². The van der Waals surface area contributed by atoms with Gasteiger partial charge in [-0.3, -0.25) is 0 Å². The van der Waals surface area contributed by atoms with Crippen molar-refractivity contribution in [1.29, 1.82) is 0 Å². The molecule has 118 valence electrons. The number of nitrogens with zero attached hydrogens (tertiary/aromatic N) is 1. The zero-order valence-electron chi connectivity index (χ0n) is 12.2. The summed E-state index contributed by atoms with van der Waals surface area (Å²) in [5.74, 6) is -0.658. The van der Waals surface area contributed by atoms with Crippen LogP contribution < -0.4 is 5.32 Å². The Morgan fingerprint density at radius 1 is 1.43 bits per heavy atom. The molecule has 0 atom stereocenters. The Balaban J connectivity index is 2.34. The van der Waals surface area contributed by atoms with Gasteiger partial charge >= 0.3 is 0 Å². The fourth-order valence-corrected chi connectivity index (χ4v) is 4.33. The molecule has 0 heterocycles. The summed E-state index contributed by atoms with van der Waals surface area (Å²) in [5.41, 5.74) is 0.362. The normalized spacial score (nSPS) is 15.7. The Kier molecular flexibility index (Phi) is 5.40. The van der Waals surface area contributed by atoms with E-state index in [1.54, 1.807) is 6.07 Å². The summed E-state index contributed by atoms with van der Waals surface area (Å²) < 4.78 is 41.4. The van der Waals surface area contributed by atoms with E-state index in [1.165, 1.54) is 17.4 Å². The van der Waals surface area contributed by atoms with Crippen molar-refractivity contribution in [3.63, 3.8) is 0 Å². The quantitative estimate of drug-likeness (QED) is 0.742. The highest BCUT2D eigenvalue weighted by Crippen LogP contribution is 2.33. The second-order valence-electron chi connectivity index (χ2n) is 5.31. The van der Waals surface area contributed by atoms with Gasteiger partial charge in [-0.25, -0.2) is 12.8 Å². The van der Waals surface area contributed by atoms with Gasteiger partial charge in [0.2, 0.25) is 10.0 Å². The van der Waals surface area contributed by atoms with Crippen molar-refractivity contribution >= 4 is 26.0 Å². The molecule has 21 heavy (non-hydrogen) atoms. The minimum absolute atomic E-state index is 0.00930. The minimum Gasteiger partial charge on any atom is -0.313 e. The molecular weight excluding hydrogens is 359 g/mol. The molecule has 1 aliphatic rings. The average molecular weight is 379 g/mol. The van der Waals surface area contributed by atoms with Crippen LogP contribution in [-0.4, -0.2) is 32.4 Å². The van der Waals surface area contributed by atoms with Crippen LogP contribution in [0.25, 0.3) is 0 Å². The average Bonchev–Trinajstić information content (AvgIpc) is 3.25. The van der Waals surface area contributed by atoms with E-state index in [2.05, 4.69) is 21.2 Å². The smallest absolute Gasteiger partial charge is 0.246 e. The lowest BCUT2D eigenvalue weighted by atomic mass is 10.2. The van der Waals surface area contributed by atoms with Crippen molar-refractivity contribution in [1.82, 2.24) is 9.62 Å². The highest BCUT2D eigenvalue weighted by molar-refractivity contribution is 9.10. The van der Waals surface area contributed by atoms with Crippen LogP contribution in [0.5, 0.6) is 0 Å². The third-order valence-electron chi connectivity index (χ3n) is 3.54. The number of sulfonamides is 1. The first-order chi connectivity index (χ1) is 9.87. The Labute approximate surface area is 133 Å². The van der Waals surface area contributed by atoms with Gasteiger partial charge in [-0.05, 0) is 37.9 Å². The molecule has 0 unspecified atom stereocenters. The van der Waals surface area contributed by atoms with Gasteiger partial charge in [0.1, 0.15) is 10.7 Å². The lowest BCUT2D eigenvalue weighted by Gasteiger charge is -2.18. The Morgan fingerprint density at radius 2 is 2.10 bits per heavy atom. The summed E-state index contributed by atoms with van der Waals surface area (Å²) in [7, 11) is -2.27. The first-order valence-corrected chi connectivity index (χ1v) is 9.28. The fourth-order valence-electron chi connectivity index (χ4n) is 2.12. The maximum Gasteiger partial charge on any atom is 0.246 e. The summed E-state index contributed by atoms with van der Waals surface area (Å²) in [4.78, 5) is -0.250. The standard InChI is InChI=1S/C14H20BrFN2O2S/c1-3-6-17-9-10-7-11(15)8-13(14(10)16)21(19,20)18(2)12-4-5-12/h7-8,12,17H,3-6,9H2,1-2H3. The monoisotopic (exact) mass is 378 g/mol. The molecule has 1 saturated carbocycles. The van der Waals surface area contributed by atoms with Crippen molar-refractivity contribution < 1.29 is 12.8 Å². The number of rotatable bonds is 7. The highest BCUT2D eigenvalue weighted by atomic mass is 79.9. The number of halogens is 2. The van der Waals surface area contributed by atoms with Crippen LogP contribution in [0.3, 0.4) is 0 Å². The van der Waals surface area contributed by atoms with Crippen LogP contribution in [-0.2, 0) is 16.6 Å². The van der Waals surface area contributed by atoms with Gasteiger partial charge < -0.3 is 5.32 Å². The Hall–Kier alpha value is -0.500. The number of hydrogen-bond acceptors (Lipinski definition) is 3. The second kappa shape index (κ2) is 6.73. The van der Waals surface area contributed by atoms with Crippen LogP contribution in [0.4, 0.5) is 4.39 Å². The zero-order valence-corrected chi connectivity index (χ0v) is 14.6.